The molecule has 0 saturated heterocycles. The molecule has 0 spiro atoms. The molecule has 2 saturated carbocycles. The van der Waals surface area contributed by atoms with Crippen molar-refractivity contribution in [1.29, 1.82) is 0 Å². The average Bonchev–Trinajstić information content (AvgIpc) is 2.49. The molecule has 2 fully saturated rings. The molecule has 0 aliphatic heterocycles. The molecule has 2 aliphatic rings. The number of halogens is 1. The second-order valence-electron chi connectivity index (χ2n) is 3.51. The molecular weight excluding hydrogens is 146 g/mol. The molecule has 0 aromatic rings. The summed E-state index contributed by atoms with van der Waals surface area (Å²) in [7, 11) is 0. The van der Waals surface area contributed by atoms with Crippen molar-refractivity contribution in [2.45, 2.75) is 37.6 Å². The van der Waals surface area contributed by atoms with Gasteiger partial charge in [-0.1, -0.05) is 0 Å². The first kappa shape index (κ1) is 8.35. The fraction of sp³-hybridized carbons (Fsp3) is 1.00. The lowest BCUT2D eigenvalue weighted by atomic mass is 9.95. The highest BCUT2D eigenvalue weighted by Crippen LogP contribution is 2.45. The van der Waals surface area contributed by atoms with Gasteiger partial charge in [-0.3, -0.25) is 0 Å². The van der Waals surface area contributed by atoms with Gasteiger partial charge in [-0.25, -0.2) is 0 Å². The van der Waals surface area contributed by atoms with E-state index >= 15 is 0 Å². The van der Waals surface area contributed by atoms with Crippen molar-refractivity contribution in [3.8, 4) is 0 Å². The lowest BCUT2D eigenvalue weighted by molar-refractivity contribution is 0.418. The number of rotatable bonds is 0. The lowest BCUT2D eigenvalue weighted by Gasteiger charge is -2.19. The summed E-state index contributed by atoms with van der Waals surface area (Å²) in [6, 6.07) is 0. The van der Waals surface area contributed by atoms with E-state index in [2.05, 4.69) is 11.6 Å². The first-order chi connectivity index (χ1) is 4.79. The van der Waals surface area contributed by atoms with E-state index in [-0.39, 0.29) is 0 Å². The minimum absolute atomic E-state index is 0.310. The van der Waals surface area contributed by atoms with Crippen molar-refractivity contribution in [3.63, 3.8) is 0 Å². The van der Waals surface area contributed by atoms with Crippen LogP contribution in [0.25, 0.3) is 0 Å². The quantitative estimate of drug-likeness (QED) is 0.542. The van der Waals surface area contributed by atoms with Crippen molar-refractivity contribution in [2.24, 2.45) is 11.7 Å². The third-order valence-electron chi connectivity index (χ3n) is 2.80. The molecule has 1 nitrogen and oxygen atoms in total. The fourth-order valence-electron chi connectivity index (χ4n) is 2.24. The van der Waals surface area contributed by atoms with Gasteiger partial charge in [0.25, 0.3) is 0 Å². The molecule has 0 aromatic carbocycles. The van der Waals surface area contributed by atoms with Gasteiger partial charge in [0, 0.05) is 11.9 Å². The fourth-order valence-corrected chi connectivity index (χ4v) is 2.24. The smallest absolute Gasteiger partial charge is 0.0157 e. The topological polar surface area (TPSA) is 26.0 Å². The van der Waals surface area contributed by atoms with Crippen LogP contribution < -0.4 is 5.73 Å². The summed E-state index contributed by atoms with van der Waals surface area (Å²) in [6.45, 7) is 0. The van der Waals surface area contributed by atoms with E-state index in [1.165, 1.54) is 38.5 Å². The van der Waals surface area contributed by atoms with Crippen molar-refractivity contribution in [3.05, 3.63) is 0 Å². The predicted octanol–water partition coefficient (Wildman–Crippen LogP) is 2.13. The Bertz CT molecular complexity index is 106. The first-order valence-corrected chi connectivity index (χ1v) is 4.71. The Labute approximate surface area is 67.9 Å². The third-order valence-corrected chi connectivity index (χ3v) is 2.80. The normalized spacial score (nSPS) is 42.9. The summed E-state index contributed by atoms with van der Waals surface area (Å²) in [5.74, 6) is 1.01. The lowest BCUT2D eigenvalue weighted by Crippen LogP contribution is -2.33. The minimum Gasteiger partial charge on any atom is -0.325 e. The van der Waals surface area contributed by atoms with E-state index in [1.54, 1.807) is 0 Å². The molecule has 10 heavy (non-hydrogen) atoms. The maximum atomic E-state index is 6.00. The van der Waals surface area contributed by atoms with Gasteiger partial charge in [-0.15, -0.1) is 11.6 Å². The Hall–Kier alpha value is 0.250. The van der Waals surface area contributed by atoms with E-state index in [9.17, 15) is 0 Å². The highest BCUT2D eigenvalue weighted by Gasteiger charge is 2.41. The Morgan fingerprint density at radius 3 is 1.90 bits per heavy atom. The third kappa shape index (κ3) is 1.46. The van der Waals surface area contributed by atoms with Crippen LogP contribution in [0.5, 0.6) is 0 Å². The molecule has 2 heteroatoms. The molecule has 0 aromatic heterocycles. The zero-order valence-corrected chi connectivity index (χ0v) is 7.32. The van der Waals surface area contributed by atoms with Crippen LogP contribution in [0.1, 0.15) is 32.1 Å². The van der Waals surface area contributed by atoms with Crippen molar-refractivity contribution in [2.75, 3.05) is 6.38 Å². The first-order valence-electron chi connectivity index (χ1n) is 3.95. The van der Waals surface area contributed by atoms with Crippen molar-refractivity contribution >= 4 is 11.6 Å². The van der Waals surface area contributed by atoms with Crippen LogP contribution in [0.4, 0.5) is 0 Å². The zero-order chi connectivity index (χ0) is 7.61. The summed E-state index contributed by atoms with van der Waals surface area (Å²) in [6.07, 6.45) is 8.23. The molecule has 0 amide bonds. The van der Waals surface area contributed by atoms with Crippen LogP contribution in [-0.2, 0) is 0 Å². The van der Waals surface area contributed by atoms with Gasteiger partial charge in [-0.05, 0) is 38.0 Å². The van der Waals surface area contributed by atoms with Crippen LogP contribution in [0, 0.1) is 5.92 Å². The molecule has 2 aliphatic carbocycles. The van der Waals surface area contributed by atoms with Gasteiger partial charge in [0.15, 0.2) is 0 Å². The Morgan fingerprint density at radius 1 is 1.30 bits per heavy atom. The van der Waals surface area contributed by atoms with Crippen molar-refractivity contribution in [1.82, 2.24) is 0 Å². The van der Waals surface area contributed by atoms with E-state index in [4.69, 9.17) is 5.73 Å². The molecular formula is C8H16ClN. The van der Waals surface area contributed by atoms with Crippen LogP contribution in [0.15, 0.2) is 0 Å². The molecule has 2 N–H and O–H groups in total. The van der Waals surface area contributed by atoms with Crippen LogP contribution in [0.3, 0.4) is 0 Å². The van der Waals surface area contributed by atoms with Gasteiger partial charge in [-0.2, -0.15) is 0 Å². The van der Waals surface area contributed by atoms with Gasteiger partial charge in [0.05, 0.1) is 0 Å². The maximum absolute atomic E-state index is 6.00. The molecule has 0 heterocycles. The molecule has 0 unspecified atom stereocenters. The van der Waals surface area contributed by atoms with Gasteiger partial charge in [0.1, 0.15) is 0 Å². The van der Waals surface area contributed by atoms with E-state index < -0.39 is 0 Å². The van der Waals surface area contributed by atoms with Gasteiger partial charge >= 0.3 is 0 Å². The van der Waals surface area contributed by atoms with Crippen LogP contribution in [0.2, 0.25) is 0 Å². The Kier molecular flexibility index (Phi) is 2.59. The molecule has 2 rings (SSSR count). The number of fused-ring (bicyclic) bond motifs is 2. The molecule has 0 radical (unpaired) electrons. The number of hydrogen-bond acceptors (Lipinski definition) is 1. The highest BCUT2D eigenvalue weighted by molar-refractivity contribution is 6.15. The Balaban J connectivity index is 0.000000231. The summed E-state index contributed by atoms with van der Waals surface area (Å²) in [5.41, 5.74) is 6.31. The minimum atomic E-state index is 0.310. The SMILES string of the molecule is CCl.NC12CCC(CC1)C2. The molecule has 2 bridgehead atoms. The summed E-state index contributed by atoms with van der Waals surface area (Å²) < 4.78 is 0. The summed E-state index contributed by atoms with van der Waals surface area (Å²) in [5, 5.41) is 0. The summed E-state index contributed by atoms with van der Waals surface area (Å²) >= 11 is 4.64. The van der Waals surface area contributed by atoms with Gasteiger partial charge < -0.3 is 5.73 Å². The zero-order valence-electron chi connectivity index (χ0n) is 6.57. The van der Waals surface area contributed by atoms with Gasteiger partial charge in [0.2, 0.25) is 0 Å². The van der Waals surface area contributed by atoms with E-state index in [1.807, 2.05) is 0 Å². The summed E-state index contributed by atoms with van der Waals surface area (Å²) in [4.78, 5) is 0. The predicted molar refractivity (Wildman–Crippen MR) is 45.3 cm³/mol. The maximum Gasteiger partial charge on any atom is 0.0157 e. The number of nitrogens with two attached hydrogens (primary N) is 1. The van der Waals surface area contributed by atoms with Crippen molar-refractivity contribution < 1.29 is 0 Å². The second kappa shape index (κ2) is 3.10. The number of hydrogen-bond donors (Lipinski definition) is 1. The standard InChI is InChI=1S/C7H13N.CH3Cl/c8-7-3-1-6(5-7)2-4-7;1-2/h6H,1-5,8H2;1H3. The molecule has 60 valence electrons. The second-order valence-corrected chi connectivity index (χ2v) is 3.51. The van der Waals surface area contributed by atoms with Crippen LogP contribution >= 0.6 is 11.6 Å². The van der Waals surface area contributed by atoms with E-state index in [0.717, 1.165) is 5.92 Å². The van der Waals surface area contributed by atoms with Crippen LogP contribution in [-0.4, -0.2) is 11.9 Å². The highest BCUT2D eigenvalue weighted by atomic mass is 35.5. The average molecular weight is 162 g/mol. The largest absolute Gasteiger partial charge is 0.325 e. The molecule has 0 atom stereocenters. The monoisotopic (exact) mass is 161 g/mol. The van der Waals surface area contributed by atoms with E-state index in [0.29, 0.717) is 5.54 Å². The number of alkyl halides is 1. The Morgan fingerprint density at radius 2 is 1.80 bits per heavy atom.